The molecule has 1 N–H and O–H groups in total. The van der Waals surface area contributed by atoms with Crippen LogP contribution in [0.3, 0.4) is 0 Å². The Morgan fingerprint density at radius 3 is 2.65 bits per heavy atom. The largest absolute Gasteiger partial charge is 0.443 e. The molecule has 0 radical (unpaired) electrons. The Labute approximate surface area is 100 Å². The van der Waals surface area contributed by atoms with Crippen molar-refractivity contribution in [3.8, 4) is 11.4 Å². The molecule has 2 rings (SSSR count). The van der Waals surface area contributed by atoms with Crippen molar-refractivity contribution < 1.29 is 9.53 Å². The third kappa shape index (κ3) is 2.58. The van der Waals surface area contributed by atoms with Crippen molar-refractivity contribution in [2.45, 2.75) is 26.4 Å². The average Bonchev–Trinajstić information content (AvgIpc) is 2.85. The summed E-state index contributed by atoms with van der Waals surface area (Å²) in [7, 11) is 0. The first kappa shape index (κ1) is 11.5. The summed E-state index contributed by atoms with van der Waals surface area (Å²) in [5.74, 6) is 0. The minimum atomic E-state index is -0.492. The number of carbonyl (C=O) groups is 1. The molecule has 0 amide bonds. The zero-order valence-electron chi connectivity index (χ0n) is 10.2. The van der Waals surface area contributed by atoms with Crippen LogP contribution >= 0.6 is 0 Å². The van der Waals surface area contributed by atoms with Gasteiger partial charge in [0.1, 0.15) is 5.60 Å². The fourth-order valence-electron chi connectivity index (χ4n) is 1.56. The van der Waals surface area contributed by atoms with Gasteiger partial charge in [-0.2, -0.15) is 0 Å². The molecular weight excluding hydrogens is 216 g/mol. The molecule has 90 valence electrons. The van der Waals surface area contributed by atoms with Crippen LogP contribution in [0.25, 0.3) is 11.4 Å². The van der Waals surface area contributed by atoms with Crippen LogP contribution < -0.4 is 0 Å². The van der Waals surface area contributed by atoms with Gasteiger partial charge in [0, 0.05) is 12.4 Å². The number of ether oxygens (including phenoxy) is 1. The molecule has 0 atom stereocenters. The first-order valence-corrected chi connectivity index (χ1v) is 5.52. The number of hydrogen-bond donors (Lipinski definition) is 1. The third-order valence-corrected chi connectivity index (χ3v) is 2.21. The molecule has 0 aliphatic carbocycles. The first-order chi connectivity index (χ1) is 7.97. The van der Waals surface area contributed by atoms with Crippen molar-refractivity contribution in [2.75, 3.05) is 0 Å². The molecule has 0 spiro atoms. The van der Waals surface area contributed by atoms with E-state index in [1.54, 1.807) is 6.20 Å². The van der Waals surface area contributed by atoms with Crippen LogP contribution in [0.2, 0.25) is 0 Å². The molecule has 4 heteroatoms. The van der Waals surface area contributed by atoms with Gasteiger partial charge in [0.25, 0.3) is 0 Å². The minimum Gasteiger partial charge on any atom is -0.443 e. The standard InChI is InChI=1S/C13H16N2O2/c1-13(2,3)17-12(16)15-9-5-7-11(15)10-6-4-8-14-10/h4-9,14H,1-3H3. The number of H-pyrrole nitrogens is 1. The van der Waals surface area contributed by atoms with Crippen molar-refractivity contribution >= 4 is 6.09 Å². The van der Waals surface area contributed by atoms with Crippen molar-refractivity contribution in [1.29, 1.82) is 0 Å². The maximum Gasteiger partial charge on any atom is 0.419 e. The van der Waals surface area contributed by atoms with Gasteiger partial charge < -0.3 is 9.72 Å². The Morgan fingerprint density at radius 1 is 1.29 bits per heavy atom. The molecule has 2 aromatic rings. The number of hydrogen-bond acceptors (Lipinski definition) is 2. The quantitative estimate of drug-likeness (QED) is 0.820. The summed E-state index contributed by atoms with van der Waals surface area (Å²) >= 11 is 0. The van der Waals surface area contributed by atoms with Gasteiger partial charge in [-0.25, -0.2) is 4.79 Å². The topological polar surface area (TPSA) is 47.0 Å². The summed E-state index contributed by atoms with van der Waals surface area (Å²) in [4.78, 5) is 15.0. The van der Waals surface area contributed by atoms with E-state index in [1.807, 2.05) is 51.2 Å². The Morgan fingerprint density at radius 2 is 2.06 bits per heavy atom. The highest BCUT2D eigenvalue weighted by atomic mass is 16.6. The maximum atomic E-state index is 12.0. The van der Waals surface area contributed by atoms with Crippen molar-refractivity contribution in [1.82, 2.24) is 9.55 Å². The van der Waals surface area contributed by atoms with Crippen LogP contribution in [0.4, 0.5) is 4.79 Å². The second kappa shape index (κ2) is 4.13. The number of carbonyl (C=O) groups excluding carboxylic acids is 1. The lowest BCUT2D eigenvalue weighted by molar-refractivity contribution is 0.0540. The Bertz CT molecular complexity index is 504. The summed E-state index contributed by atoms with van der Waals surface area (Å²) in [6.45, 7) is 5.55. The highest BCUT2D eigenvalue weighted by molar-refractivity contribution is 5.77. The molecule has 4 nitrogen and oxygen atoms in total. The lowest BCUT2D eigenvalue weighted by Gasteiger charge is -2.20. The fraction of sp³-hybridized carbons (Fsp3) is 0.308. The van der Waals surface area contributed by atoms with E-state index in [0.717, 1.165) is 11.4 Å². The highest BCUT2D eigenvalue weighted by Gasteiger charge is 2.19. The minimum absolute atomic E-state index is 0.368. The van der Waals surface area contributed by atoms with Crippen LogP contribution in [0, 0.1) is 0 Å². The molecule has 0 bridgehead atoms. The van der Waals surface area contributed by atoms with E-state index in [0.29, 0.717) is 0 Å². The van der Waals surface area contributed by atoms with Crippen molar-refractivity contribution in [3.63, 3.8) is 0 Å². The lowest BCUT2D eigenvalue weighted by Crippen LogP contribution is -2.27. The lowest BCUT2D eigenvalue weighted by atomic mass is 10.2. The van der Waals surface area contributed by atoms with E-state index >= 15 is 0 Å². The van der Waals surface area contributed by atoms with Gasteiger partial charge >= 0.3 is 6.09 Å². The number of nitrogens with zero attached hydrogens (tertiary/aromatic N) is 1. The van der Waals surface area contributed by atoms with Gasteiger partial charge in [0.05, 0.1) is 11.4 Å². The predicted octanol–water partition coefficient (Wildman–Crippen LogP) is 3.27. The van der Waals surface area contributed by atoms with Gasteiger partial charge in [-0.05, 0) is 45.0 Å². The van der Waals surface area contributed by atoms with E-state index in [4.69, 9.17) is 4.74 Å². The van der Waals surface area contributed by atoms with Crippen molar-refractivity contribution in [3.05, 3.63) is 36.7 Å². The van der Waals surface area contributed by atoms with Crippen LogP contribution in [0.5, 0.6) is 0 Å². The fourth-order valence-corrected chi connectivity index (χ4v) is 1.56. The summed E-state index contributed by atoms with van der Waals surface area (Å²) < 4.78 is 6.83. The van der Waals surface area contributed by atoms with Crippen LogP contribution in [0.15, 0.2) is 36.7 Å². The molecule has 0 unspecified atom stereocenters. The molecule has 0 saturated heterocycles. The normalized spacial score (nSPS) is 11.5. The third-order valence-electron chi connectivity index (χ3n) is 2.21. The molecular formula is C13H16N2O2. The smallest absolute Gasteiger partial charge is 0.419 e. The Hall–Kier alpha value is -1.97. The number of nitrogens with one attached hydrogen (secondary N) is 1. The summed E-state index contributed by atoms with van der Waals surface area (Å²) in [5, 5.41) is 0. The number of rotatable bonds is 1. The van der Waals surface area contributed by atoms with E-state index in [2.05, 4.69) is 4.98 Å². The second-order valence-electron chi connectivity index (χ2n) is 4.83. The molecule has 2 aromatic heterocycles. The van der Waals surface area contributed by atoms with Crippen LogP contribution in [-0.4, -0.2) is 21.2 Å². The molecule has 0 fully saturated rings. The van der Waals surface area contributed by atoms with Crippen LogP contribution in [0.1, 0.15) is 20.8 Å². The predicted molar refractivity (Wildman–Crippen MR) is 65.9 cm³/mol. The second-order valence-corrected chi connectivity index (χ2v) is 4.83. The van der Waals surface area contributed by atoms with Gasteiger partial charge in [0.15, 0.2) is 0 Å². The highest BCUT2D eigenvalue weighted by Crippen LogP contribution is 2.19. The van der Waals surface area contributed by atoms with E-state index < -0.39 is 5.60 Å². The van der Waals surface area contributed by atoms with Gasteiger partial charge in [0.2, 0.25) is 0 Å². The zero-order chi connectivity index (χ0) is 12.5. The zero-order valence-corrected chi connectivity index (χ0v) is 10.2. The molecule has 17 heavy (non-hydrogen) atoms. The average molecular weight is 232 g/mol. The number of aromatic amines is 1. The monoisotopic (exact) mass is 232 g/mol. The van der Waals surface area contributed by atoms with E-state index in [-0.39, 0.29) is 6.09 Å². The number of aromatic nitrogens is 2. The van der Waals surface area contributed by atoms with Gasteiger partial charge in [-0.3, -0.25) is 4.57 Å². The van der Waals surface area contributed by atoms with Crippen molar-refractivity contribution in [2.24, 2.45) is 0 Å². The molecule has 0 aliphatic heterocycles. The summed E-state index contributed by atoms with van der Waals surface area (Å²) in [5.41, 5.74) is 1.19. The molecule has 0 saturated carbocycles. The maximum absolute atomic E-state index is 12.0. The molecule has 0 aromatic carbocycles. The Kier molecular flexibility index (Phi) is 2.79. The SMILES string of the molecule is CC(C)(C)OC(=O)n1cccc1-c1ccc[nH]1. The van der Waals surface area contributed by atoms with E-state index in [9.17, 15) is 4.79 Å². The van der Waals surface area contributed by atoms with Gasteiger partial charge in [-0.1, -0.05) is 0 Å². The molecule has 0 aliphatic rings. The molecule has 2 heterocycles. The van der Waals surface area contributed by atoms with Crippen LogP contribution in [-0.2, 0) is 4.74 Å². The summed E-state index contributed by atoms with van der Waals surface area (Å²) in [6.07, 6.45) is 3.15. The van der Waals surface area contributed by atoms with E-state index in [1.165, 1.54) is 4.57 Å². The van der Waals surface area contributed by atoms with Gasteiger partial charge in [-0.15, -0.1) is 0 Å². The summed E-state index contributed by atoms with van der Waals surface area (Å²) in [6, 6.07) is 7.49. The first-order valence-electron chi connectivity index (χ1n) is 5.52. The Balaban J connectivity index is 2.29.